The van der Waals surface area contributed by atoms with E-state index in [0.717, 1.165) is 22.6 Å². The van der Waals surface area contributed by atoms with Gasteiger partial charge >= 0.3 is 0 Å². The first-order chi connectivity index (χ1) is 15.1. The number of halogens is 1. The highest BCUT2D eigenvalue weighted by Gasteiger charge is 2.25. The largest absolute Gasteiger partial charge is 0.490 e. The van der Waals surface area contributed by atoms with Crippen LogP contribution in [0.15, 0.2) is 65.3 Å². The van der Waals surface area contributed by atoms with E-state index < -0.39 is 0 Å². The van der Waals surface area contributed by atoms with E-state index in [0.29, 0.717) is 35.6 Å². The molecule has 8 heteroatoms. The fraction of sp³-hybridized carbons (Fsp3) is 0.174. The first-order valence-electron chi connectivity index (χ1n) is 9.87. The van der Waals surface area contributed by atoms with Gasteiger partial charge < -0.3 is 18.7 Å². The third-order valence-corrected chi connectivity index (χ3v) is 5.41. The van der Waals surface area contributed by atoms with Crippen LogP contribution in [0, 0.1) is 6.92 Å². The summed E-state index contributed by atoms with van der Waals surface area (Å²) in [4.78, 5) is 19.4. The first-order valence-corrected chi connectivity index (χ1v) is 10.3. The van der Waals surface area contributed by atoms with Crippen LogP contribution in [0.3, 0.4) is 0 Å². The highest BCUT2D eigenvalue weighted by molar-refractivity contribution is 6.30. The number of amides is 1. The number of ether oxygens (including phenoxy) is 1. The molecule has 0 atom stereocenters. The maximum atomic E-state index is 13.2. The molecule has 2 aromatic heterocycles. The molecule has 0 N–H and O–H groups in total. The second-order valence-electron chi connectivity index (χ2n) is 7.32. The quantitative estimate of drug-likeness (QED) is 0.469. The second-order valence-corrected chi connectivity index (χ2v) is 7.75. The number of carbonyl (C=O) groups is 1. The van der Waals surface area contributed by atoms with Crippen molar-refractivity contribution in [3.8, 4) is 28.7 Å². The Kier molecular flexibility index (Phi) is 4.95. The topological polar surface area (TPSA) is 73.4 Å². The summed E-state index contributed by atoms with van der Waals surface area (Å²) in [5, 5.41) is 4.71. The van der Waals surface area contributed by atoms with Gasteiger partial charge in [-0.15, -0.1) is 0 Å². The lowest BCUT2D eigenvalue weighted by molar-refractivity contribution is -0.119. The molecule has 0 saturated heterocycles. The van der Waals surface area contributed by atoms with E-state index in [1.807, 2.05) is 60.2 Å². The Balaban J connectivity index is 1.39. The van der Waals surface area contributed by atoms with Gasteiger partial charge in [0.15, 0.2) is 0 Å². The predicted molar refractivity (Wildman–Crippen MR) is 117 cm³/mol. The summed E-state index contributed by atoms with van der Waals surface area (Å²) in [5.74, 6) is 1.50. The molecule has 31 heavy (non-hydrogen) atoms. The number of nitrogens with zero attached hydrogens (tertiary/aromatic N) is 4. The minimum absolute atomic E-state index is 0.0370. The Morgan fingerprint density at radius 1 is 1.16 bits per heavy atom. The number of carbonyl (C=O) groups excluding carboxylic acids is 1. The minimum atomic E-state index is -0.0370. The van der Waals surface area contributed by atoms with Crippen molar-refractivity contribution in [1.29, 1.82) is 0 Å². The lowest BCUT2D eigenvalue weighted by Gasteiger charge is -2.30. The Bertz CT molecular complexity index is 1250. The molecule has 0 spiro atoms. The fourth-order valence-corrected chi connectivity index (χ4v) is 3.73. The number of anilines is 1. The van der Waals surface area contributed by atoms with Crippen LogP contribution in [-0.2, 0) is 11.3 Å². The van der Waals surface area contributed by atoms with Crippen molar-refractivity contribution in [2.45, 2.75) is 13.5 Å². The molecular formula is C23H19ClN4O3. The highest BCUT2D eigenvalue weighted by Crippen LogP contribution is 2.33. The molecule has 0 saturated carbocycles. The van der Waals surface area contributed by atoms with Gasteiger partial charge in [-0.05, 0) is 61.0 Å². The smallest absolute Gasteiger partial charge is 0.274 e. The zero-order valence-corrected chi connectivity index (χ0v) is 17.5. The lowest BCUT2D eigenvalue weighted by Crippen LogP contribution is -2.39. The van der Waals surface area contributed by atoms with Crippen LogP contribution in [0.1, 0.15) is 5.56 Å². The average molecular weight is 435 g/mol. The first kappa shape index (κ1) is 19.4. The van der Waals surface area contributed by atoms with Crippen molar-refractivity contribution in [2.75, 3.05) is 18.1 Å². The number of rotatable bonds is 4. The van der Waals surface area contributed by atoms with Crippen LogP contribution in [0.2, 0.25) is 5.02 Å². The maximum Gasteiger partial charge on any atom is 0.274 e. The van der Waals surface area contributed by atoms with Crippen molar-refractivity contribution < 1.29 is 14.1 Å². The molecule has 156 valence electrons. The van der Waals surface area contributed by atoms with Gasteiger partial charge in [0.05, 0.1) is 12.2 Å². The number of benzene rings is 2. The van der Waals surface area contributed by atoms with Crippen LogP contribution >= 0.6 is 11.6 Å². The third kappa shape index (κ3) is 3.80. The molecule has 2 aromatic carbocycles. The van der Waals surface area contributed by atoms with Crippen molar-refractivity contribution in [3.63, 3.8) is 0 Å². The van der Waals surface area contributed by atoms with E-state index in [1.54, 1.807) is 17.0 Å². The normalized spacial score (nSPS) is 13.0. The molecule has 1 amide bonds. The summed E-state index contributed by atoms with van der Waals surface area (Å²) in [6.07, 6.45) is 1.83. The van der Waals surface area contributed by atoms with Crippen LogP contribution in [0.5, 0.6) is 5.75 Å². The van der Waals surface area contributed by atoms with E-state index in [1.165, 1.54) is 0 Å². The van der Waals surface area contributed by atoms with Crippen LogP contribution in [0.4, 0.5) is 5.69 Å². The molecular weight excluding hydrogens is 416 g/mol. The van der Waals surface area contributed by atoms with Gasteiger partial charge in [0.2, 0.25) is 11.7 Å². The number of fused-ring (bicyclic) bond motifs is 1. The molecule has 1 aliphatic rings. The van der Waals surface area contributed by atoms with Gasteiger partial charge in [0, 0.05) is 16.8 Å². The Morgan fingerprint density at radius 3 is 2.84 bits per heavy atom. The Hall–Kier alpha value is -3.58. The van der Waals surface area contributed by atoms with Crippen molar-refractivity contribution in [3.05, 3.63) is 71.4 Å². The van der Waals surface area contributed by atoms with Gasteiger partial charge in [-0.2, -0.15) is 4.98 Å². The summed E-state index contributed by atoms with van der Waals surface area (Å²) in [5.41, 5.74) is 3.35. The molecule has 7 nitrogen and oxygen atoms in total. The standard InChI is InChI=1S/C23H19ClN4O3/c1-15-4-9-20-19(13-15)28(11-12-30-20)21(29)14-27-10-2-3-18(27)23-25-22(26-31-23)16-5-7-17(24)8-6-16/h2-10,13H,11-12,14H2,1H3. The lowest BCUT2D eigenvalue weighted by atomic mass is 10.1. The third-order valence-electron chi connectivity index (χ3n) is 5.16. The summed E-state index contributed by atoms with van der Waals surface area (Å²) in [6.45, 7) is 3.12. The summed E-state index contributed by atoms with van der Waals surface area (Å²) in [6, 6.07) is 16.8. The fourth-order valence-electron chi connectivity index (χ4n) is 3.61. The molecule has 0 aliphatic carbocycles. The highest BCUT2D eigenvalue weighted by atomic mass is 35.5. The van der Waals surface area contributed by atoms with Crippen molar-refractivity contribution in [1.82, 2.24) is 14.7 Å². The van der Waals surface area contributed by atoms with E-state index >= 15 is 0 Å². The Labute approximate surface area is 183 Å². The maximum absolute atomic E-state index is 13.2. The number of hydrogen-bond acceptors (Lipinski definition) is 5. The molecule has 0 bridgehead atoms. The van der Waals surface area contributed by atoms with Crippen LogP contribution < -0.4 is 9.64 Å². The van der Waals surface area contributed by atoms with E-state index in [-0.39, 0.29) is 12.5 Å². The van der Waals surface area contributed by atoms with Gasteiger partial charge in [-0.1, -0.05) is 22.8 Å². The predicted octanol–water partition coefficient (Wildman–Crippen LogP) is 4.59. The van der Waals surface area contributed by atoms with E-state index in [2.05, 4.69) is 10.1 Å². The summed E-state index contributed by atoms with van der Waals surface area (Å²) in [7, 11) is 0. The van der Waals surface area contributed by atoms with Gasteiger partial charge in [-0.25, -0.2) is 0 Å². The molecule has 5 rings (SSSR count). The van der Waals surface area contributed by atoms with E-state index in [4.69, 9.17) is 20.9 Å². The molecule has 0 unspecified atom stereocenters. The number of hydrogen-bond donors (Lipinski definition) is 0. The SMILES string of the molecule is Cc1ccc2c(c1)N(C(=O)Cn1cccc1-c1nc(-c3ccc(Cl)cc3)no1)CCO2. The number of aryl methyl sites for hydroxylation is 1. The van der Waals surface area contributed by atoms with Gasteiger partial charge in [-0.3, -0.25) is 4.79 Å². The van der Waals surface area contributed by atoms with Crippen LogP contribution in [0.25, 0.3) is 23.0 Å². The van der Waals surface area contributed by atoms with Crippen molar-refractivity contribution >= 4 is 23.2 Å². The van der Waals surface area contributed by atoms with Crippen LogP contribution in [-0.4, -0.2) is 33.8 Å². The zero-order chi connectivity index (χ0) is 21.4. The summed E-state index contributed by atoms with van der Waals surface area (Å²) >= 11 is 5.95. The van der Waals surface area contributed by atoms with Gasteiger partial charge in [0.1, 0.15) is 24.6 Å². The molecule has 0 radical (unpaired) electrons. The molecule has 4 aromatic rings. The summed E-state index contributed by atoms with van der Waals surface area (Å²) < 4.78 is 13.0. The van der Waals surface area contributed by atoms with Gasteiger partial charge in [0.25, 0.3) is 5.89 Å². The minimum Gasteiger partial charge on any atom is -0.490 e. The molecule has 0 fully saturated rings. The number of aromatic nitrogens is 3. The molecule has 1 aliphatic heterocycles. The average Bonchev–Trinajstić information content (AvgIpc) is 3.43. The Morgan fingerprint density at radius 2 is 2.00 bits per heavy atom. The zero-order valence-electron chi connectivity index (χ0n) is 16.8. The second kappa shape index (κ2) is 7.92. The van der Waals surface area contributed by atoms with E-state index in [9.17, 15) is 4.79 Å². The monoisotopic (exact) mass is 434 g/mol. The molecule has 3 heterocycles. The van der Waals surface area contributed by atoms with Crippen molar-refractivity contribution in [2.24, 2.45) is 0 Å².